The topological polar surface area (TPSA) is 43.8 Å². The van der Waals surface area contributed by atoms with Gasteiger partial charge in [0, 0.05) is 43.9 Å². The van der Waals surface area contributed by atoms with E-state index in [2.05, 4.69) is 33.1 Å². The van der Waals surface area contributed by atoms with Crippen LogP contribution < -0.4 is 10.2 Å². The van der Waals surface area contributed by atoms with E-state index >= 15 is 0 Å². The van der Waals surface area contributed by atoms with Gasteiger partial charge in [0.25, 0.3) is 0 Å². The fraction of sp³-hybridized carbons (Fsp3) is 0.368. The van der Waals surface area contributed by atoms with Crippen molar-refractivity contribution in [3.63, 3.8) is 0 Å². The summed E-state index contributed by atoms with van der Waals surface area (Å²) in [5, 5.41) is 4.16. The molecule has 0 spiro atoms. The Kier molecular flexibility index (Phi) is 8.44. The summed E-state index contributed by atoms with van der Waals surface area (Å²) in [5.74, 6) is 1.99. The predicted octanol–water partition coefficient (Wildman–Crippen LogP) is 3.64. The van der Waals surface area contributed by atoms with Gasteiger partial charge in [-0.25, -0.2) is 9.98 Å². The summed E-state index contributed by atoms with van der Waals surface area (Å²) >= 11 is 6.24. The largest absolute Gasteiger partial charge is 0.357 e. The van der Waals surface area contributed by atoms with Crippen LogP contribution in [0.5, 0.6) is 0 Å². The van der Waals surface area contributed by atoms with Crippen molar-refractivity contribution in [3.8, 4) is 0 Å². The predicted molar refractivity (Wildman–Crippen MR) is 120 cm³/mol. The minimum Gasteiger partial charge on any atom is -0.357 e. The molecule has 1 aromatic heterocycles. The van der Waals surface area contributed by atoms with E-state index in [4.69, 9.17) is 16.6 Å². The van der Waals surface area contributed by atoms with Crippen molar-refractivity contribution < 1.29 is 0 Å². The van der Waals surface area contributed by atoms with Gasteiger partial charge in [-0.3, -0.25) is 0 Å². The highest BCUT2D eigenvalue weighted by atomic mass is 127. The van der Waals surface area contributed by atoms with Gasteiger partial charge in [-0.15, -0.1) is 24.0 Å². The van der Waals surface area contributed by atoms with E-state index in [1.807, 2.05) is 42.6 Å². The second kappa shape index (κ2) is 10.6. The fourth-order valence-electron chi connectivity index (χ4n) is 2.90. The van der Waals surface area contributed by atoms with Crippen LogP contribution in [-0.2, 0) is 6.54 Å². The molecule has 0 radical (unpaired) electrons. The van der Waals surface area contributed by atoms with Crippen molar-refractivity contribution in [2.24, 2.45) is 4.99 Å². The first-order valence-electron chi connectivity index (χ1n) is 8.70. The number of piperazine rings is 1. The molecule has 1 saturated heterocycles. The zero-order chi connectivity index (χ0) is 17.5. The third-order valence-corrected chi connectivity index (χ3v) is 4.61. The summed E-state index contributed by atoms with van der Waals surface area (Å²) in [6.45, 7) is 7.25. The number of benzene rings is 1. The lowest BCUT2D eigenvalue weighted by atomic mass is 10.2. The molecular weight excluding hydrogens is 461 g/mol. The standard InChI is InChI=1S/C19H24ClN5.HI/c1-2-21-19(23-15-16-7-3-4-8-17(16)20)25-13-11-24(12-14-25)18-9-5-6-10-22-18;/h3-10H,2,11-15H2,1H3,(H,21,23);1H. The molecule has 2 aromatic rings. The van der Waals surface area contributed by atoms with Crippen LogP contribution in [0.1, 0.15) is 12.5 Å². The zero-order valence-corrected chi connectivity index (χ0v) is 18.0. The number of hydrogen-bond acceptors (Lipinski definition) is 3. The van der Waals surface area contributed by atoms with Crippen molar-refractivity contribution in [1.29, 1.82) is 0 Å². The highest BCUT2D eigenvalue weighted by Gasteiger charge is 2.20. The van der Waals surface area contributed by atoms with Crippen LogP contribution in [0.2, 0.25) is 5.02 Å². The Labute approximate surface area is 177 Å². The van der Waals surface area contributed by atoms with E-state index in [0.29, 0.717) is 6.54 Å². The molecule has 2 heterocycles. The number of hydrogen-bond donors (Lipinski definition) is 1. The van der Waals surface area contributed by atoms with E-state index < -0.39 is 0 Å². The van der Waals surface area contributed by atoms with E-state index in [9.17, 15) is 0 Å². The quantitative estimate of drug-likeness (QED) is 0.408. The molecule has 0 aliphatic carbocycles. The molecule has 26 heavy (non-hydrogen) atoms. The van der Waals surface area contributed by atoms with Gasteiger partial charge in [-0.2, -0.15) is 0 Å². The Balaban J connectivity index is 0.00000243. The molecule has 1 aliphatic rings. The fourth-order valence-corrected chi connectivity index (χ4v) is 3.10. The zero-order valence-electron chi connectivity index (χ0n) is 14.9. The molecule has 1 aliphatic heterocycles. The van der Waals surface area contributed by atoms with Gasteiger partial charge in [-0.1, -0.05) is 35.9 Å². The average molecular weight is 486 g/mol. The lowest BCUT2D eigenvalue weighted by molar-refractivity contribution is 0.371. The smallest absolute Gasteiger partial charge is 0.194 e. The van der Waals surface area contributed by atoms with Crippen LogP contribution in [0.25, 0.3) is 0 Å². The summed E-state index contributed by atoms with van der Waals surface area (Å²) in [7, 11) is 0. The Morgan fingerprint density at radius 3 is 2.50 bits per heavy atom. The van der Waals surface area contributed by atoms with Crippen molar-refractivity contribution >= 4 is 47.4 Å². The van der Waals surface area contributed by atoms with Gasteiger partial charge >= 0.3 is 0 Å². The lowest BCUT2D eigenvalue weighted by Gasteiger charge is -2.37. The van der Waals surface area contributed by atoms with Gasteiger partial charge in [0.1, 0.15) is 5.82 Å². The number of halogens is 2. The normalized spacial score (nSPS) is 14.8. The summed E-state index contributed by atoms with van der Waals surface area (Å²) in [6.07, 6.45) is 1.84. The lowest BCUT2D eigenvalue weighted by Crippen LogP contribution is -2.52. The maximum atomic E-state index is 6.24. The van der Waals surface area contributed by atoms with Gasteiger partial charge in [0.2, 0.25) is 0 Å². The summed E-state index contributed by atoms with van der Waals surface area (Å²) in [6, 6.07) is 13.9. The number of nitrogens with one attached hydrogen (secondary N) is 1. The first kappa shape index (κ1) is 20.8. The Morgan fingerprint density at radius 2 is 1.85 bits per heavy atom. The van der Waals surface area contributed by atoms with E-state index in [1.165, 1.54) is 0 Å². The molecule has 0 unspecified atom stereocenters. The van der Waals surface area contributed by atoms with Gasteiger partial charge in [-0.05, 0) is 30.7 Å². The van der Waals surface area contributed by atoms with Gasteiger partial charge in [0.05, 0.1) is 6.54 Å². The van der Waals surface area contributed by atoms with Crippen LogP contribution in [0.15, 0.2) is 53.7 Å². The van der Waals surface area contributed by atoms with E-state index in [-0.39, 0.29) is 24.0 Å². The SMILES string of the molecule is CCNC(=NCc1ccccc1Cl)N1CCN(c2ccccn2)CC1.I. The van der Waals surface area contributed by atoms with Crippen LogP contribution in [-0.4, -0.2) is 48.6 Å². The van der Waals surface area contributed by atoms with Crippen molar-refractivity contribution in [3.05, 3.63) is 59.2 Å². The molecule has 0 amide bonds. The third kappa shape index (κ3) is 5.48. The average Bonchev–Trinajstić information content (AvgIpc) is 2.67. The number of pyridine rings is 1. The maximum Gasteiger partial charge on any atom is 0.194 e. The Hall–Kier alpha value is -1.54. The first-order valence-corrected chi connectivity index (χ1v) is 9.08. The molecule has 7 heteroatoms. The molecule has 0 saturated carbocycles. The minimum absolute atomic E-state index is 0. The van der Waals surface area contributed by atoms with Crippen molar-refractivity contribution in [2.45, 2.75) is 13.5 Å². The molecule has 1 fully saturated rings. The van der Waals surface area contributed by atoms with Crippen molar-refractivity contribution in [2.75, 3.05) is 37.6 Å². The van der Waals surface area contributed by atoms with E-state index in [0.717, 1.165) is 55.1 Å². The molecule has 1 N–H and O–H groups in total. The molecule has 5 nitrogen and oxygen atoms in total. The number of aromatic nitrogens is 1. The van der Waals surface area contributed by atoms with Crippen LogP contribution in [0.3, 0.4) is 0 Å². The minimum atomic E-state index is 0. The van der Waals surface area contributed by atoms with Crippen molar-refractivity contribution in [1.82, 2.24) is 15.2 Å². The molecule has 0 bridgehead atoms. The molecule has 1 aromatic carbocycles. The van der Waals surface area contributed by atoms with Gasteiger partial charge < -0.3 is 15.1 Å². The monoisotopic (exact) mass is 485 g/mol. The second-order valence-corrected chi connectivity index (χ2v) is 6.33. The second-order valence-electron chi connectivity index (χ2n) is 5.92. The molecular formula is C19H25ClIN5. The maximum absolute atomic E-state index is 6.24. The Morgan fingerprint density at radius 1 is 1.12 bits per heavy atom. The highest BCUT2D eigenvalue weighted by Crippen LogP contribution is 2.16. The van der Waals surface area contributed by atoms with E-state index in [1.54, 1.807) is 0 Å². The summed E-state index contributed by atoms with van der Waals surface area (Å²) in [4.78, 5) is 13.8. The number of nitrogens with zero attached hydrogens (tertiary/aromatic N) is 4. The Bertz CT molecular complexity index is 702. The summed E-state index contributed by atoms with van der Waals surface area (Å²) in [5.41, 5.74) is 1.05. The van der Waals surface area contributed by atoms with Gasteiger partial charge in [0.15, 0.2) is 5.96 Å². The van der Waals surface area contributed by atoms with Crippen LogP contribution >= 0.6 is 35.6 Å². The highest BCUT2D eigenvalue weighted by molar-refractivity contribution is 14.0. The number of guanidine groups is 1. The molecule has 3 rings (SSSR count). The summed E-state index contributed by atoms with van der Waals surface area (Å²) < 4.78 is 0. The first-order chi connectivity index (χ1) is 12.3. The number of rotatable bonds is 4. The van der Waals surface area contributed by atoms with Crippen LogP contribution in [0.4, 0.5) is 5.82 Å². The molecule has 0 atom stereocenters. The number of aliphatic imine (C=N–C) groups is 1. The number of anilines is 1. The molecule has 140 valence electrons. The third-order valence-electron chi connectivity index (χ3n) is 4.24. The van der Waals surface area contributed by atoms with Crippen LogP contribution in [0, 0.1) is 0 Å².